The van der Waals surface area contributed by atoms with Crippen LogP contribution in [0.3, 0.4) is 0 Å². The SMILES string of the molecule is Cc1cc(NCC(=O)NCCc2ccc(Cl)cc2Cl)no1. The maximum Gasteiger partial charge on any atom is 0.239 e. The van der Waals surface area contributed by atoms with Crippen LogP contribution in [0.4, 0.5) is 5.82 Å². The highest BCUT2D eigenvalue weighted by Gasteiger charge is 2.05. The number of hydrogen-bond acceptors (Lipinski definition) is 4. The van der Waals surface area contributed by atoms with Crippen molar-refractivity contribution in [3.8, 4) is 0 Å². The molecule has 0 saturated heterocycles. The minimum atomic E-state index is -0.124. The van der Waals surface area contributed by atoms with Gasteiger partial charge in [0.15, 0.2) is 5.82 Å². The number of benzene rings is 1. The van der Waals surface area contributed by atoms with Gasteiger partial charge in [-0.15, -0.1) is 0 Å². The molecule has 7 heteroatoms. The number of aromatic nitrogens is 1. The number of carbonyl (C=O) groups is 1. The van der Waals surface area contributed by atoms with Crippen molar-refractivity contribution < 1.29 is 9.32 Å². The van der Waals surface area contributed by atoms with Crippen molar-refractivity contribution in [2.24, 2.45) is 0 Å². The average molecular weight is 328 g/mol. The highest BCUT2D eigenvalue weighted by molar-refractivity contribution is 6.35. The molecule has 2 rings (SSSR count). The number of aryl methyl sites for hydroxylation is 1. The van der Waals surface area contributed by atoms with Crippen LogP contribution in [0.15, 0.2) is 28.8 Å². The van der Waals surface area contributed by atoms with Crippen molar-refractivity contribution in [2.75, 3.05) is 18.4 Å². The smallest absolute Gasteiger partial charge is 0.239 e. The fourth-order valence-corrected chi connectivity index (χ4v) is 2.25. The highest BCUT2D eigenvalue weighted by Crippen LogP contribution is 2.20. The van der Waals surface area contributed by atoms with E-state index in [2.05, 4.69) is 15.8 Å². The molecule has 0 atom stereocenters. The summed E-state index contributed by atoms with van der Waals surface area (Å²) >= 11 is 11.9. The standard InChI is InChI=1S/C14H15Cl2N3O2/c1-9-6-13(19-21-9)18-8-14(20)17-5-4-10-2-3-11(15)7-12(10)16/h2-3,6-7H,4-5,8H2,1H3,(H,17,20)(H,18,19). The Morgan fingerprint density at radius 1 is 1.33 bits per heavy atom. The first-order valence-corrected chi connectivity index (χ1v) is 7.18. The van der Waals surface area contributed by atoms with E-state index >= 15 is 0 Å². The zero-order chi connectivity index (χ0) is 15.2. The average Bonchev–Trinajstić information content (AvgIpc) is 2.85. The molecule has 2 N–H and O–H groups in total. The van der Waals surface area contributed by atoms with Crippen LogP contribution >= 0.6 is 23.2 Å². The lowest BCUT2D eigenvalue weighted by atomic mass is 10.1. The lowest BCUT2D eigenvalue weighted by molar-refractivity contribution is -0.119. The minimum absolute atomic E-state index is 0.124. The van der Waals surface area contributed by atoms with Gasteiger partial charge in [-0.3, -0.25) is 4.79 Å². The second-order valence-electron chi connectivity index (χ2n) is 4.51. The van der Waals surface area contributed by atoms with E-state index in [1.165, 1.54) is 0 Å². The van der Waals surface area contributed by atoms with Gasteiger partial charge < -0.3 is 15.2 Å². The molecule has 0 fully saturated rings. The van der Waals surface area contributed by atoms with E-state index in [0.29, 0.717) is 34.6 Å². The van der Waals surface area contributed by atoms with Crippen LogP contribution in [0.2, 0.25) is 10.0 Å². The maximum atomic E-state index is 11.7. The first-order chi connectivity index (χ1) is 10.0. The van der Waals surface area contributed by atoms with E-state index in [1.807, 2.05) is 6.07 Å². The number of carbonyl (C=O) groups excluding carboxylic acids is 1. The normalized spacial score (nSPS) is 10.4. The summed E-state index contributed by atoms with van der Waals surface area (Å²) in [6, 6.07) is 7.04. The van der Waals surface area contributed by atoms with Gasteiger partial charge in [0.05, 0.1) is 6.54 Å². The summed E-state index contributed by atoms with van der Waals surface area (Å²) in [6.07, 6.45) is 0.644. The fraction of sp³-hybridized carbons (Fsp3) is 0.286. The zero-order valence-corrected chi connectivity index (χ0v) is 13.0. The molecule has 1 heterocycles. The lowest BCUT2D eigenvalue weighted by Gasteiger charge is -2.07. The first kappa shape index (κ1) is 15.7. The number of nitrogens with zero attached hydrogens (tertiary/aromatic N) is 1. The molecule has 2 aromatic rings. The summed E-state index contributed by atoms with van der Waals surface area (Å²) < 4.78 is 4.89. The topological polar surface area (TPSA) is 67.2 Å². The Kier molecular flexibility index (Phi) is 5.47. The molecule has 1 aromatic carbocycles. The van der Waals surface area contributed by atoms with Crippen molar-refractivity contribution >= 4 is 34.9 Å². The third-order valence-electron chi connectivity index (χ3n) is 2.79. The number of anilines is 1. The van der Waals surface area contributed by atoms with E-state index < -0.39 is 0 Å². The molecule has 5 nitrogen and oxygen atoms in total. The Hall–Kier alpha value is -1.72. The summed E-state index contributed by atoms with van der Waals surface area (Å²) in [5, 5.41) is 10.6. The van der Waals surface area contributed by atoms with E-state index in [0.717, 1.165) is 5.56 Å². The third kappa shape index (κ3) is 4.95. The van der Waals surface area contributed by atoms with Gasteiger partial charge in [-0.1, -0.05) is 34.4 Å². The van der Waals surface area contributed by atoms with Gasteiger partial charge in [0.2, 0.25) is 5.91 Å². The van der Waals surface area contributed by atoms with Gasteiger partial charge >= 0.3 is 0 Å². The molecule has 1 aromatic heterocycles. The van der Waals surface area contributed by atoms with E-state index in [1.54, 1.807) is 25.1 Å². The Balaban J connectivity index is 1.71. The Labute approximate surface area is 132 Å². The number of halogens is 2. The Morgan fingerprint density at radius 3 is 2.81 bits per heavy atom. The van der Waals surface area contributed by atoms with Crippen molar-refractivity contribution in [1.29, 1.82) is 0 Å². The van der Waals surface area contributed by atoms with E-state index in [-0.39, 0.29) is 12.5 Å². The molecule has 1 amide bonds. The summed E-state index contributed by atoms with van der Waals surface area (Å²) in [5.41, 5.74) is 0.946. The number of nitrogens with one attached hydrogen (secondary N) is 2. The van der Waals surface area contributed by atoms with Gasteiger partial charge in [0, 0.05) is 22.7 Å². The first-order valence-electron chi connectivity index (χ1n) is 6.42. The molecule has 0 aliphatic carbocycles. The second-order valence-corrected chi connectivity index (χ2v) is 5.36. The summed E-state index contributed by atoms with van der Waals surface area (Å²) in [6.45, 7) is 2.42. The molecule has 0 saturated carbocycles. The highest BCUT2D eigenvalue weighted by atomic mass is 35.5. The van der Waals surface area contributed by atoms with Crippen LogP contribution in [0.5, 0.6) is 0 Å². The molecule has 0 bridgehead atoms. The number of rotatable bonds is 6. The second kappa shape index (κ2) is 7.33. The predicted molar refractivity (Wildman–Crippen MR) is 82.9 cm³/mol. The quantitative estimate of drug-likeness (QED) is 0.855. The van der Waals surface area contributed by atoms with Crippen LogP contribution in [0.25, 0.3) is 0 Å². The van der Waals surface area contributed by atoms with Crippen LogP contribution in [0.1, 0.15) is 11.3 Å². The molecular formula is C14H15Cl2N3O2. The fourth-order valence-electron chi connectivity index (χ4n) is 1.74. The summed E-state index contributed by atoms with van der Waals surface area (Å²) in [4.78, 5) is 11.7. The van der Waals surface area contributed by atoms with Gasteiger partial charge in [-0.2, -0.15) is 0 Å². The van der Waals surface area contributed by atoms with Gasteiger partial charge in [0.25, 0.3) is 0 Å². The van der Waals surface area contributed by atoms with Crippen molar-refractivity contribution in [1.82, 2.24) is 10.5 Å². The maximum absolute atomic E-state index is 11.7. The van der Waals surface area contributed by atoms with Crippen molar-refractivity contribution in [3.63, 3.8) is 0 Å². The molecule has 0 radical (unpaired) electrons. The van der Waals surface area contributed by atoms with Crippen LogP contribution < -0.4 is 10.6 Å². The Morgan fingerprint density at radius 2 is 2.14 bits per heavy atom. The van der Waals surface area contributed by atoms with Crippen molar-refractivity contribution in [3.05, 3.63) is 45.6 Å². The Bertz CT molecular complexity index is 628. The predicted octanol–water partition coefficient (Wildman–Crippen LogP) is 3.06. The van der Waals surface area contributed by atoms with Gasteiger partial charge in [-0.25, -0.2) is 0 Å². The zero-order valence-electron chi connectivity index (χ0n) is 11.5. The van der Waals surface area contributed by atoms with Gasteiger partial charge in [0.1, 0.15) is 5.76 Å². The van der Waals surface area contributed by atoms with E-state index in [9.17, 15) is 4.79 Å². The molecule has 0 spiro atoms. The van der Waals surface area contributed by atoms with E-state index in [4.69, 9.17) is 27.7 Å². The minimum Gasteiger partial charge on any atom is -0.360 e. The number of amides is 1. The number of hydrogen-bond donors (Lipinski definition) is 2. The molecule has 0 aliphatic rings. The van der Waals surface area contributed by atoms with Crippen LogP contribution in [0, 0.1) is 6.92 Å². The lowest BCUT2D eigenvalue weighted by Crippen LogP contribution is -2.31. The van der Waals surface area contributed by atoms with Crippen LogP contribution in [-0.4, -0.2) is 24.2 Å². The monoisotopic (exact) mass is 327 g/mol. The third-order valence-corrected chi connectivity index (χ3v) is 3.38. The molecule has 21 heavy (non-hydrogen) atoms. The molecule has 0 unspecified atom stereocenters. The molecule has 112 valence electrons. The van der Waals surface area contributed by atoms with Crippen LogP contribution in [-0.2, 0) is 11.2 Å². The van der Waals surface area contributed by atoms with Crippen molar-refractivity contribution in [2.45, 2.75) is 13.3 Å². The molecular weight excluding hydrogens is 313 g/mol. The largest absolute Gasteiger partial charge is 0.360 e. The summed E-state index contributed by atoms with van der Waals surface area (Å²) in [7, 11) is 0. The molecule has 0 aliphatic heterocycles. The van der Waals surface area contributed by atoms with Gasteiger partial charge in [-0.05, 0) is 31.0 Å². The summed E-state index contributed by atoms with van der Waals surface area (Å²) in [5.74, 6) is 1.11.